The maximum absolute atomic E-state index is 8.50. The van der Waals surface area contributed by atoms with Crippen LogP contribution in [0.3, 0.4) is 0 Å². The normalized spacial score (nSPS) is 26.1. The molecular formula is C11H15N3O. The molecule has 4 nitrogen and oxygen atoms in total. The fourth-order valence-corrected chi connectivity index (χ4v) is 2.09. The smallest absolute Gasteiger partial charge is 0.240 e. The molecule has 0 atom stereocenters. The van der Waals surface area contributed by atoms with E-state index in [4.69, 9.17) is 9.78 Å². The van der Waals surface area contributed by atoms with Crippen LogP contribution in [-0.2, 0) is 6.42 Å². The van der Waals surface area contributed by atoms with Crippen molar-refractivity contribution in [2.24, 2.45) is 5.92 Å². The van der Waals surface area contributed by atoms with E-state index < -0.39 is 0 Å². The number of hydrogen-bond donors (Lipinski definition) is 0. The van der Waals surface area contributed by atoms with Gasteiger partial charge in [-0.1, -0.05) is 24.9 Å². The van der Waals surface area contributed by atoms with E-state index in [1.54, 1.807) is 0 Å². The molecule has 80 valence electrons. The van der Waals surface area contributed by atoms with E-state index in [2.05, 4.69) is 17.1 Å². The first kappa shape index (κ1) is 10.2. The molecule has 4 heteroatoms. The summed E-state index contributed by atoms with van der Waals surface area (Å²) in [5, 5.41) is 12.4. The molecule has 0 amide bonds. The van der Waals surface area contributed by atoms with E-state index in [-0.39, 0.29) is 6.42 Å². The lowest BCUT2D eigenvalue weighted by atomic mass is 9.83. The Bertz CT molecular complexity index is 358. The third kappa shape index (κ3) is 2.35. The summed E-state index contributed by atoms with van der Waals surface area (Å²) in [5.74, 6) is 2.52. The zero-order chi connectivity index (χ0) is 10.7. The molecule has 1 heterocycles. The second-order valence-electron chi connectivity index (χ2n) is 4.34. The predicted molar refractivity (Wildman–Crippen MR) is 54.0 cm³/mol. The first-order chi connectivity index (χ1) is 7.29. The van der Waals surface area contributed by atoms with E-state index >= 15 is 0 Å². The summed E-state index contributed by atoms with van der Waals surface area (Å²) in [4.78, 5) is 4.25. The van der Waals surface area contributed by atoms with Crippen LogP contribution in [0.1, 0.15) is 50.2 Å². The topological polar surface area (TPSA) is 62.7 Å². The Hall–Kier alpha value is -1.37. The third-order valence-corrected chi connectivity index (χ3v) is 3.10. The molecule has 0 radical (unpaired) electrons. The molecule has 1 fully saturated rings. The lowest BCUT2D eigenvalue weighted by Crippen LogP contribution is -2.11. The first-order valence-corrected chi connectivity index (χ1v) is 5.49. The van der Waals surface area contributed by atoms with Gasteiger partial charge < -0.3 is 4.52 Å². The van der Waals surface area contributed by atoms with Gasteiger partial charge in [0.05, 0.1) is 6.07 Å². The van der Waals surface area contributed by atoms with E-state index in [9.17, 15) is 0 Å². The lowest BCUT2D eigenvalue weighted by molar-refractivity contribution is 0.325. The largest absolute Gasteiger partial charge is 0.338 e. The number of hydrogen-bond acceptors (Lipinski definition) is 4. The predicted octanol–water partition coefficient (Wildman–Crippen LogP) is 2.43. The maximum atomic E-state index is 8.50. The van der Waals surface area contributed by atoms with Crippen LogP contribution in [0.25, 0.3) is 0 Å². The monoisotopic (exact) mass is 205 g/mol. The molecule has 1 aliphatic carbocycles. The highest BCUT2D eigenvalue weighted by Gasteiger charge is 2.23. The molecule has 1 saturated carbocycles. The van der Waals surface area contributed by atoms with Crippen LogP contribution in [0.5, 0.6) is 0 Å². The third-order valence-electron chi connectivity index (χ3n) is 3.10. The molecule has 0 bridgehead atoms. The van der Waals surface area contributed by atoms with Crippen molar-refractivity contribution >= 4 is 0 Å². The van der Waals surface area contributed by atoms with Crippen molar-refractivity contribution in [2.75, 3.05) is 0 Å². The molecule has 2 rings (SSSR count). The summed E-state index contributed by atoms with van der Waals surface area (Å²) in [5.41, 5.74) is 0. The molecule has 0 N–H and O–H groups in total. The van der Waals surface area contributed by atoms with Crippen molar-refractivity contribution in [3.63, 3.8) is 0 Å². The second kappa shape index (κ2) is 4.43. The Kier molecular flexibility index (Phi) is 3.00. The SMILES string of the molecule is CC1CCC(c2noc(CC#N)n2)CC1. The van der Waals surface area contributed by atoms with Gasteiger partial charge in [-0.25, -0.2) is 0 Å². The van der Waals surface area contributed by atoms with Crippen molar-refractivity contribution in [1.29, 1.82) is 5.26 Å². The van der Waals surface area contributed by atoms with Gasteiger partial charge >= 0.3 is 0 Å². The minimum Gasteiger partial charge on any atom is -0.338 e. The average Bonchev–Trinajstić information content (AvgIpc) is 2.68. The number of nitriles is 1. The van der Waals surface area contributed by atoms with Gasteiger partial charge in [0.25, 0.3) is 0 Å². The fourth-order valence-electron chi connectivity index (χ4n) is 2.09. The van der Waals surface area contributed by atoms with Crippen LogP contribution in [0.2, 0.25) is 0 Å². The highest BCUT2D eigenvalue weighted by Crippen LogP contribution is 2.33. The Balaban J connectivity index is 2.00. The molecule has 0 aliphatic heterocycles. The first-order valence-electron chi connectivity index (χ1n) is 5.49. The summed E-state index contributed by atoms with van der Waals surface area (Å²) >= 11 is 0. The van der Waals surface area contributed by atoms with E-state index in [1.165, 1.54) is 12.8 Å². The minimum absolute atomic E-state index is 0.218. The molecule has 0 unspecified atom stereocenters. The van der Waals surface area contributed by atoms with Crippen molar-refractivity contribution < 1.29 is 4.52 Å². The Labute approximate surface area is 89.3 Å². The van der Waals surface area contributed by atoms with Crippen LogP contribution >= 0.6 is 0 Å². The highest BCUT2D eigenvalue weighted by molar-refractivity contribution is 4.99. The van der Waals surface area contributed by atoms with Crippen LogP contribution in [-0.4, -0.2) is 10.1 Å². The van der Waals surface area contributed by atoms with Crippen molar-refractivity contribution in [3.8, 4) is 6.07 Å². The van der Waals surface area contributed by atoms with Gasteiger partial charge in [0.15, 0.2) is 5.82 Å². The van der Waals surface area contributed by atoms with E-state index in [1.807, 2.05) is 6.07 Å². The van der Waals surface area contributed by atoms with Crippen LogP contribution < -0.4 is 0 Å². The molecule has 1 aliphatic rings. The summed E-state index contributed by atoms with van der Waals surface area (Å²) < 4.78 is 5.00. The number of nitrogens with zero attached hydrogens (tertiary/aromatic N) is 3. The zero-order valence-corrected chi connectivity index (χ0v) is 8.94. The van der Waals surface area contributed by atoms with Gasteiger partial charge in [-0.3, -0.25) is 0 Å². The van der Waals surface area contributed by atoms with Gasteiger partial charge in [-0.15, -0.1) is 0 Å². The second-order valence-corrected chi connectivity index (χ2v) is 4.34. The Morgan fingerprint density at radius 2 is 2.13 bits per heavy atom. The molecular weight excluding hydrogens is 190 g/mol. The average molecular weight is 205 g/mol. The quantitative estimate of drug-likeness (QED) is 0.743. The Morgan fingerprint density at radius 1 is 1.40 bits per heavy atom. The molecule has 0 saturated heterocycles. The van der Waals surface area contributed by atoms with Crippen LogP contribution in [0.15, 0.2) is 4.52 Å². The number of rotatable bonds is 2. The number of aromatic nitrogens is 2. The Morgan fingerprint density at radius 3 is 2.80 bits per heavy atom. The van der Waals surface area contributed by atoms with Gasteiger partial charge in [-0.2, -0.15) is 10.2 Å². The molecule has 0 aromatic carbocycles. The van der Waals surface area contributed by atoms with Crippen molar-refractivity contribution in [3.05, 3.63) is 11.7 Å². The van der Waals surface area contributed by atoms with Crippen molar-refractivity contribution in [1.82, 2.24) is 10.1 Å². The molecule has 0 spiro atoms. The van der Waals surface area contributed by atoms with E-state index in [0.29, 0.717) is 11.8 Å². The highest BCUT2D eigenvalue weighted by atomic mass is 16.5. The van der Waals surface area contributed by atoms with Crippen molar-refractivity contribution in [2.45, 2.75) is 44.9 Å². The molecule has 1 aromatic heterocycles. The summed E-state index contributed by atoms with van der Waals surface area (Å²) in [7, 11) is 0. The minimum atomic E-state index is 0.218. The van der Waals surface area contributed by atoms with Gasteiger partial charge in [0.2, 0.25) is 5.89 Å². The molecule has 1 aromatic rings. The summed E-state index contributed by atoms with van der Waals surface area (Å²) in [6.45, 7) is 2.29. The lowest BCUT2D eigenvalue weighted by Gasteiger charge is -2.23. The van der Waals surface area contributed by atoms with Gasteiger partial charge in [0, 0.05) is 5.92 Å². The summed E-state index contributed by atoms with van der Waals surface area (Å²) in [6.07, 6.45) is 5.00. The van der Waals surface area contributed by atoms with E-state index in [0.717, 1.165) is 24.6 Å². The fraction of sp³-hybridized carbons (Fsp3) is 0.727. The van der Waals surface area contributed by atoms with Gasteiger partial charge in [-0.05, 0) is 18.8 Å². The van der Waals surface area contributed by atoms with Crippen LogP contribution in [0, 0.1) is 17.2 Å². The standard InChI is InChI=1S/C11H15N3O/c1-8-2-4-9(5-3-8)11-13-10(6-7-12)15-14-11/h8-9H,2-6H2,1H3. The maximum Gasteiger partial charge on any atom is 0.240 e. The molecule has 15 heavy (non-hydrogen) atoms. The van der Waals surface area contributed by atoms with Crippen LogP contribution in [0.4, 0.5) is 0 Å². The van der Waals surface area contributed by atoms with Gasteiger partial charge in [0.1, 0.15) is 6.42 Å². The summed E-state index contributed by atoms with van der Waals surface area (Å²) in [6, 6.07) is 2.01. The zero-order valence-electron chi connectivity index (χ0n) is 8.94.